The predicted octanol–water partition coefficient (Wildman–Crippen LogP) is 5.75. The van der Waals surface area contributed by atoms with Crippen molar-refractivity contribution in [2.45, 2.75) is 97.6 Å². The van der Waals surface area contributed by atoms with Crippen molar-refractivity contribution in [2.75, 3.05) is 13.1 Å². The van der Waals surface area contributed by atoms with E-state index in [1.165, 1.54) is 83.7 Å². The summed E-state index contributed by atoms with van der Waals surface area (Å²) in [5.74, 6) is 0. The van der Waals surface area contributed by atoms with Gasteiger partial charge < -0.3 is 9.80 Å². The Labute approximate surface area is 133 Å². The summed E-state index contributed by atoms with van der Waals surface area (Å²) < 4.78 is 0. The van der Waals surface area contributed by atoms with Gasteiger partial charge in [-0.2, -0.15) is 0 Å². The van der Waals surface area contributed by atoms with Crippen LogP contribution in [-0.2, 0) is 0 Å². The fourth-order valence-corrected chi connectivity index (χ4v) is 3.15. The molecule has 0 radical (unpaired) electrons. The molecule has 0 amide bonds. The standard InChI is InChI=1S/C19H38N2/c1-4-7-10-12-14-19-20(15-9-6-3)17-18-21(19)16-13-11-8-5-2/h17-19H,4-16H2,1-3H3. The van der Waals surface area contributed by atoms with Gasteiger partial charge in [-0.3, -0.25) is 0 Å². The molecule has 1 aliphatic heterocycles. The Hall–Kier alpha value is -0.660. The van der Waals surface area contributed by atoms with Crippen molar-refractivity contribution >= 4 is 0 Å². The van der Waals surface area contributed by atoms with Gasteiger partial charge in [0.2, 0.25) is 0 Å². The van der Waals surface area contributed by atoms with E-state index in [0.717, 1.165) is 0 Å². The number of rotatable bonds is 13. The number of unbranched alkanes of at least 4 members (excludes halogenated alkanes) is 7. The van der Waals surface area contributed by atoms with Gasteiger partial charge in [-0.05, 0) is 25.7 Å². The zero-order chi connectivity index (χ0) is 15.3. The molecule has 1 rings (SSSR count). The maximum absolute atomic E-state index is 2.61. The Balaban J connectivity index is 2.37. The van der Waals surface area contributed by atoms with E-state index in [-0.39, 0.29) is 0 Å². The van der Waals surface area contributed by atoms with Crippen LogP contribution < -0.4 is 0 Å². The van der Waals surface area contributed by atoms with Crippen LogP contribution in [-0.4, -0.2) is 29.1 Å². The normalized spacial score (nSPS) is 18.0. The molecule has 124 valence electrons. The van der Waals surface area contributed by atoms with Gasteiger partial charge in [-0.25, -0.2) is 0 Å². The third kappa shape index (κ3) is 7.24. The molecule has 0 aromatic heterocycles. The maximum atomic E-state index is 2.61. The van der Waals surface area contributed by atoms with Crippen molar-refractivity contribution in [2.24, 2.45) is 0 Å². The predicted molar refractivity (Wildman–Crippen MR) is 94.1 cm³/mol. The highest BCUT2D eigenvalue weighted by molar-refractivity contribution is 4.96. The molecule has 1 atom stereocenters. The van der Waals surface area contributed by atoms with Crippen molar-refractivity contribution in [3.8, 4) is 0 Å². The molecule has 0 aromatic rings. The quantitative estimate of drug-likeness (QED) is 0.399. The first-order valence-electron chi connectivity index (χ1n) is 9.53. The second-order valence-electron chi connectivity index (χ2n) is 6.52. The lowest BCUT2D eigenvalue weighted by atomic mass is 10.1. The summed E-state index contributed by atoms with van der Waals surface area (Å²) in [4.78, 5) is 5.20. The Kier molecular flexibility index (Phi) is 10.5. The Morgan fingerprint density at radius 3 is 1.71 bits per heavy atom. The average molecular weight is 295 g/mol. The molecule has 2 heteroatoms. The molecule has 0 saturated carbocycles. The van der Waals surface area contributed by atoms with Crippen LogP contribution in [0, 0.1) is 0 Å². The lowest BCUT2D eigenvalue weighted by molar-refractivity contribution is 0.136. The number of hydrogen-bond acceptors (Lipinski definition) is 2. The van der Waals surface area contributed by atoms with E-state index in [1.54, 1.807) is 0 Å². The lowest BCUT2D eigenvalue weighted by Gasteiger charge is -2.33. The molecule has 1 unspecified atom stereocenters. The summed E-state index contributed by atoms with van der Waals surface area (Å²) in [6.07, 6.45) is 20.3. The largest absolute Gasteiger partial charge is 0.356 e. The first-order valence-corrected chi connectivity index (χ1v) is 9.53. The van der Waals surface area contributed by atoms with Gasteiger partial charge >= 0.3 is 0 Å². The fourth-order valence-electron chi connectivity index (χ4n) is 3.15. The SMILES string of the molecule is CCCCCCC1N(CCCC)C=CN1CCCCCC. The van der Waals surface area contributed by atoms with Crippen LogP contribution in [0.5, 0.6) is 0 Å². The minimum Gasteiger partial charge on any atom is -0.356 e. The second kappa shape index (κ2) is 11.9. The van der Waals surface area contributed by atoms with Crippen molar-refractivity contribution in [1.29, 1.82) is 0 Å². The highest BCUT2D eigenvalue weighted by atomic mass is 15.4. The minimum atomic E-state index is 0.648. The monoisotopic (exact) mass is 294 g/mol. The van der Waals surface area contributed by atoms with Crippen molar-refractivity contribution in [3.63, 3.8) is 0 Å². The van der Waals surface area contributed by atoms with Crippen LogP contribution in [0.3, 0.4) is 0 Å². The molecule has 21 heavy (non-hydrogen) atoms. The average Bonchev–Trinajstić information content (AvgIpc) is 2.88. The maximum Gasteiger partial charge on any atom is 0.101 e. The van der Waals surface area contributed by atoms with Gasteiger partial charge in [0.05, 0.1) is 0 Å². The molecule has 0 aromatic carbocycles. The third-order valence-corrected chi connectivity index (χ3v) is 4.57. The minimum absolute atomic E-state index is 0.648. The molecule has 1 heterocycles. The smallest absolute Gasteiger partial charge is 0.101 e. The van der Waals surface area contributed by atoms with E-state index in [1.807, 2.05) is 0 Å². The van der Waals surface area contributed by atoms with Gasteiger partial charge in [0.15, 0.2) is 0 Å². The molecule has 2 nitrogen and oxygen atoms in total. The zero-order valence-electron chi connectivity index (χ0n) is 14.8. The summed E-state index contributed by atoms with van der Waals surface area (Å²) >= 11 is 0. The van der Waals surface area contributed by atoms with Crippen LogP contribution in [0.4, 0.5) is 0 Å². The molecular weight excluding hydrogens is 256 g/mol. The van der Waals surface area contributed by atoms with Crippen LogP contribution in [0.2, 0.25) is 0 Å². The van der Waals surface area contributed by atoms with E-state index in [9.17, 15) is 0 Å². The van der Waals surface area contributed by atoms with E-state index in [0.29, 0.717) is 6.17 Å². The lowest BCUT2D eigenvalue weighted by Crippen LogP contribution is -2.39. The van der Waals surface area contributed by atoms with Crippen LogP contribution in [0.25, 0.3) is 0 Å². The van der Waals surface area contributed by atoms with Gasteiger partial charge in [0.25, 0.3) is 0 Å². The van der Waals surface area contributed by atoms with Gasteiger partial charge in [0, 0.05) is 25.5 Å². The highest BCUT2D eigenvalue weighted by Crippen LogP contribution is 2.23. The Morgan fingerprint density at radius 2 is 1.14 bits per heavy atom. The molecule has 0 spiro atoms. The van der Waals surface area contributed by atoms with Gasteiger partial charge in [-0.15, -0.1) is 0 Å². The molecule has 0 N–H and O–H groups in total. The van der Waals surface area contributed by atoms with E-state index < -0.39 is 0 Å². The van der Waals surface area contributed by atoms with E-state index >= 15 is 0 Å². The van der Waals surface area contributed by atoms with Crippen molar-refractivity contribution in [3.05, 3.63) is 12.4 Å². The highest BCUT2D eigenvalue weighted by Gasteiger charge is 2.24. The summed E-state index contributed by atoms with van der Waals surface area (Å²) in [6.45, 7) is 9.36. The third-order valence-electron chi connectivity index (χ3n) is 4.57. The van der Waals surface area contributed by atoms with E-state index in [4.69, 9.17) is 0 Å². The first kappa shape index (κ1) is 18.4. The topological polar surface area (TPSA) is 6.48 Å². The van der Waals surface area contributed by atoms with Crippen LogP contribution in [0.15, 0.2) is 12.4 Å². The van der Waals surface area contributed by atoms with Crippen LogP contribution >= 0.6 is 0 Å². The molecule has 0 bridgehead atoms. The Bertz CT molecular complexity index is 262. The van der Waals surface area contributed by atoms with Crippen molar-refractivity contribution < 1.29 is 0 Å². The second-order valence-corrected chi connectivity index (χ2v) is 6.52. The zero-order valence-corrected chi connectivity index (χ0v) is 14.8. The van der Waals surface area contributed by atoms with Gasteiger partial charge in [0.1, 0.15) is 6.17 Å². The van der Waals surface area contributed by atoms with Crippen molar-refractivity contribution in [1.82, 2.24) is 9.80 Å². The molecule has 0 aliphatic carbocycles. The molecular formula is C19H38N2. The van der Waals surface area contributed by atoms with Crippen LogP contribution in [0.1, 0.15) is 91.4 Å². The summed E-state index contributed by atoms with van der Waals surface area (Å²) in [5.41, 5.74) is 0. The molecule has 1 aliphatic rings. The molecule has 0 saturated heterocycles. The Morgan fingerprint density at radius 1 is 0.619 bits per heavy atom. The molecule has 0 fully saturated rings. The summed E-state index contributed by atoms with van der Waals surface area (Å²) in [7, 11) is 0. The summed E-state index contributed by atoms with van der Waals surface area (Å²) in [5, 5.41) is 0. The van der Waals surface area contributed by atoms with E-state index in [2.05, 4.69) is 43.0 Å². The fraction of sp³-hybridized carbons (Fsp3) is 0.895. The summed E-state index contributed by atoms with van der Waals surface area (Å²) in [6, 6.07) is 0. The first-order chi connectivity index (χ1) is 10.3. The number of hydrogen-bond donors (Lipinski definition) is 0. The van der Waals surface area contributed by atoms with Gasteiger partial charge in [-0.1, -0.05) is 65.7 Å². The number of nitrogens with zero attached hydrogens (tertiary/aromatic N) is 2.